The van der Waals surface area contributed by atoms with Gasteiger partial charge < -0.3 is 9.47 Å². The molecule has 10 heteroatoms. The Hall–Kier alpha value is -0.840. The molecule has 0 aromatic heterocycles. The van der Waals surface area contributed by atoms with Crippen LogP contribution in [0.25, 0.3) is 0 Å². The summed E-state index contributed by atoms with van der Waals surface area (Å²) in [5.41, 5.74) is 0. The van der Waals surface area contributed by atoms with Gasteiger partial charge in [0.1, 0.15) is 6.61 Å². The number of methoxy groups -OCH3 is 1. The molecule has 0 atom stereocenters. The zero-order valence-corrected chi connectivity index (χ0v) is 11.6. The van der Waals surface area contributed by atoms with Crippen molar-refractivity contribution in [1.29, 1.82) is 0 Å². The van der Waals surface area contributed by atoms with Crippen LogP contribution in [0.3, 0.4) is 0 Å². The van der Waals surface area contributed by atoms with Gasteiger partial charge in [0, 0.05) is 20.1 Å². The van der Waals surface area contributed by atoms with Crippen molar-refractivity contribution >= 4 is 16.2 Å². The van der Waals surface area contributed by atoms with Crippen LogP contribution < -0.4 is 4.72 Å². The molecule has 0 aromatic rings. The van der Waals surface area contributed by atoms with Crippen LogP contribution in [0.15, 0.2) is 0 Å². The Morgan fingerprint density at radius 1 is 1.42 bits per heavy atom. The van der Waals surface area contributed by atoms with Crippen LogP contribution in [0, 0.1) is 0 Å². The fourth-order valence-corrected chi connectivity index (χ4v) is 1.89. The maximum absolute atomic E-state index is 11.7. The van der Waals surface area contributed by atoms with Crippen LogP contribution in [0.5, 0.6) is 0 Å². The number of hydrogen-bond donors (Lipinski definition) is 1. The first kappa shape index (κ1) is 18.2. The average molecular weight is 304 g/mol. The topological polar surface area (TPSA) is 84.9 Å². The van der Waals surface area contributed by atoms with E-state index in [1.807, 2.05) is 0 Å². The molecule has 0 bridgehead atoms. The predicted molar refractivity (Wildman–Crippen MR) is 63.0 cm³/mol. The second-order valence-corrected chi connectivity index (χ2v) is 5.38. The minimum Gasteiger partial charge on any atom is -0.469 e. The number of ether oxygens (including phenoxy) is 2. The first-order valence-electron chi connectivity index (χ1n) is 5.43. The maximum Gasteiger partial charge on any atom is 0.306 e. The highest BCUT2D eigenvalue weighted by atomic mass is 32.2. The zero-order chi connectivity index (χ0) is 14.9. The van der Waals surface area contributed by atoms with Gasteiger partial charge in [-0.15, -0.1) is 0 Å². The van der Waals surface area contributed by atoms with Crippen molar-refractivity contribution in [3.63, 3.8) is 0 Å². The molecule has 7 nitrogen and oxygen atoms in total. The van der Waals surface area contributed by atoms with E-state index in [0.29, 0.717) is 0 Å². The fourth-order valence-electron chi connectivity index (χ4n) is 0.996. The Morgan fingerprint density at radius 2 is 2.05 bits per heavy atom. The Kier molecular flexibility index (Phi) is 8.72. The molecule has 0 amide bonds. The molecule has 0 aliphatic heterocycles. The lowest BCUT2D eigenvalue weighted by Crippen LogP contribution is -2.40. The van der Waals surface area contributed by atoms with Crippen molar-refractivity contribution in [3.8, 4) is 0 Å². The summed E-state index contributed by atoms with van der Waals surface area (Å²) in [6.45, 7) is -1.06. The van der Waals surface area contributed by atoms with Gasteiger partial charge in [0.2, 0.25) is 0 Å². The largest absolute Gasteiger partial charge is 0.469 e. The summed E-state index contributed by atoms with van der Waals surface area (Å²) in [6, 6.07) is 0. The zero-order valence-electron chi connectivity index (χ0n) is 10.8. The molecule has 0 aliphatic rings. The van der Waals surface area contributed by atoms with Gasteiger partial charge >= 0.3 is 5.97 Å². The maximum atomic E-state index is 11.7. The number of rotatable bonds is 10. The highest BCUT2D eigenvalue weighted by Gasteiger charge is 2.17. The van der Waals surface area contributed by atoms with Gasteiger partial charge in [0.15, 0.2) is 0 Å². The number of halogens is 2. The molecule has 0 unspecified atom stereocenters. The number of carbonyl (C=O) groups excluding carboxylic acids is 1. The number of nitrogens with zero attached hydrogens (tertiary/aromatic N) is 1. The Morgan fingerprint density at radius 3 is 2.58 bits per heavy atom. The van der Waals surface area contributed by atoms with Gasteiger partial charge in [0.25, 0.3) is 16.6 Å². The van der Waals surface area contributed by atoms with Crippen LogP contribution >= 0.6 is 0 Å². The Labute approximate surface area is 111 Å². The molecular formula is C9H18F2N2O5S. The van der Waals surface area contributed by atoms with E-state index in [1.165, 1.54) is 14.2 Å². The molecule has 0 aliphatic carbocycles. The van der Waals surface area contributed by atoms with E-state index in [2.05, 4.69) is 14.2 Å². The smallest absolute Gasteiger partial charge is 0.306 e. The van der Waals surface area contributed by atoms with E-state index >= 15 is 0 Å². The van der Waals surface area contributed by atoms with Gasteiger partial charge in [-0.05, 0) is 0 Å². The summed E-state index contributed by atoms with van der Waals surface area (Å²) in [5.74, 6) is -0.526. The molecule has 1 N–H and O–H groups in total. The third-order valence-corrected chi connectivity index (χ3v) is 3.62. The number of carbonyl (C=O) groups is 1. The van der Waals surface area contributed by atoms with Crippen molar-refractivity contribution in [2.24, 2.45) is 0 Å². The summed E-state index contributed by atoms with van der Waals surface area (Å²) >= 11 is 0. The average Bonchev–Trinajstić information content (AvgIpc) is 2.34. The highest BCUT2D eigenvalue weighted by molar-refractivity contribution is 7.87. The summed E-state index contributed by atoms with van der Waals surface area (Å²) < 4.78 is 58.6. The number of alkyl halides is 2. The Balaban J connectivity index is 3.92. The normalized spacial score (nSPS) is 12.1. The second kappa shape index (κ2) is 9.13. The number of hydrogen-bond acceptors (Lipinski definition) is 5. The van der Waals surface area contributed by atoms with Crippen LogP contribution in [-0.4, -0.2) is 65.6 Å². The third-order valence-electron chi connectivity index (χ3n) is 2.04. The third kappa shape index (κ3) is 8.81. The molecule has 0 radical (unpaired) electrons. The summed E-state index contributed by atoms with van der Waals surface area (Å²) in [5, 5.41) is 0. The molecule has 0 aromatic carbocycles. The molecule has 0 spiro atoms. The number of esters is 1. The van der Waals surface area contributed by atoms with Crippen molar-refractivity contribution in [3.05, 3.63) is 0 Å². The van der Waals surface area contributed by atoms with Crippen LogP contribution in [-0.2, 0) is 24.5 Å². The van der Waals surface area contributed by atoms with Gasteiger partial charge in [-0.25, -0.2) is 8.78 Å². The minimum atomic E-state index is -3.76. The van der Waals surface area contributed by atoms with Crippen molar-refractivity contribution in [2.45, 2.75) is 12.8 Å². The summed E-state index contributed by atoms with van der Waals surface area (Å²) in [7, 11) is -1.27. The summed E-state index contributed by atoms with van der Waals surface area (Å²) in [4.78, 5) is 10.9. The molecule has 0 saturated heterocycles. The molecular weight excluding hydrogens is 286 g/mol. The number of nitrogens with one attached hydrogen (secondary N) is 1. The van der Waals surface area contributed by atoms with Crippen LogP contribution in [0.4, 0.5) is 8.78 Å². The second-order valence-electron chi connectivity index (χ2n) is 3.51. The summed E-state index contributed by atoms with van der Waals surface area (Å²) in [6.07, 6.45) is -2.66. The van der Waals surface area contributed by atoms with Crippen LogP contribution in [0.2, 0.25) is 0 Å². The van der Waals surface area contributed by atoms with E-state index in [4.69, 9.17) is 0 Å². The van der Waals surface area contributed by atoms with E-state index in [-0.39, 0.29) is 26.1 Å². The van der Waals surface area contributed by atoms with E-state index in [9.17, 15) is 22.0 Å². The standard InChI is InChI=1S/C9H18F2N2O5S/c1-13(5-3-9(14)17-2)19(15,16)12-4-6-18-7-8(10)11/h8,12H,3-7H2,1-2H3. The SMILES string of the molecule is COC(=O)CCN(C)S(=O)(=O)NCCOCC(F)F. The van der Waals surface area contributed by atoms with Crippen molar-refractivity contribution in [2.75, 3.05) is 40.5 Å². The first-order valence-corrected chi connectivity index (χ1v) is 6.87. The predicted octanol–water partition coefficient (Wildman–Crippen LogP) is -0.403. The van der Waals surface area contributed by atoms with Crippen molar-refractivity contribution < 1.29 is 31.5 Å². The highest BCUT2D eigenvalue weighted by Crippen LogP contribution is 1.97. The fraction of sp³-hybridized carbons (Fsp3) is 0.889. The lowest BCUT2D eigenvalue weighted by Gasteiger charge is -2.17. The molecule has 0 fully saturated rings. The monoisotopic (exact) mass is 304 g/mol. The van der Waals surface area contributed by atoms with Gasteiger partial charge in [-0.2, -0.15) is 17.4 Å². The lowest BCUT2D eigenvalue weighted by molar-refractivity contribution is -0.140. The molecule has 0 heterocycles. The van der Waals surface area contributed by atoms with Crippen LogP contribution in [0.1, 0.15) is 6.42 Å². The van der Waals surface area contributed by atoms with Crippen molar-refractivity contribution in [1.82, 2.24) is 9.03 Å². The minimum absolute atomic E-state index is 0.0418. The van der Waals surface area contributed by atoms with Gasteiger partial charge in [0.05, 0.1) is 20.1 Å². The molecule has 19 heavy (non-hydrogen) atoms. The van der Waals surface area contributed by atoms with E-state index < -0.39 is 29.2 Å². The van der Waals surface area contributed by atoms with Gasteiger partial charge in [-0.3, -0.25) is 4.79 Å². The molecule has 0 saturated carbocycles. The lowest BCUT2D eigenvalue weighted by atomic mass is 10.4. The quantitative estimate of drug-likeness (QED) is 0.438. The van der Waals surface area contributed by atoms with E-state index in [1.54, 1.807) is 0 Å². The van der Waals surface area contributed by atoms with Gasteiger partial charge in [-0.1, -0.05) is 0 Å². The first-order chi connectivity index (χ1) is 8.79. The Bertz CT molecular complexity index is 364. The molecule has 0 rings (SSSR count). The molecule has 114 valence electrons. The van der Waals surface area contributed by atoms with E-state index in [0.717, 1.165) is 4.31 Å².